The van der Waals surface area contributed by atoms with Gasteiger partial charge in [-0.3, -0.25) is 14.1 Å². The molecular weight excluding hydrogens is 755 g/mol. The number of ether oxygens (including phenoxy) is 4. The second kappa shape index (κ2) is 23.5. The number of unbranched alkanes of at least 4 members (excludes halogenated alkanes) is 15. The third-order valence-corrected chi connectivity index (χ3v) is 11.8. The Kier molecular flexibility index (Phi) is 19.2. The van der Waals surface area contributed by atoms with Crippen LogP contribution >= 0.6 is 7.82 Å². The van der Waals surface area contributed by atoms with Crippen molar-refractivity contribution in [3.63, 3.8) is 0 Å². The fourth-order valence-electron chi connectivity index (χ4n) is 7.28. The minimum atomic E-state index is -4.79. The van der Waals surface area contributed by atoms with E-state index in [9.17, 15) is 24.9 Å². The van der Waals surface area contributed by atoms with E-state index in [1.807, 2.05) is 6.07 Å². The number of hydrazone groups is 1. The van der Waals surface area contributed by atoms with Crippen LogP contribution in [0.3, 0.4) is 0 Å². The van der Waals surface area contributed by atoms with Crippen LogP contribution in [-0.2, 0) is 23.1 Å². The lowest BCUT2D eigenvalue weighted by atomic mass is 9.92. The number of nitriles is 1. The molecule has 16 nitrogen and oxygen atoms in total. The molecule has 5 N–H and O–H groups in total. The highest BCUT2D eigenvalue weighted by atomic mass is 31.2. The van der Waals surface area contributed by atoms with Crippen molar-refractivity contribution in [2.45, 2.75) is 159 Å². The van der Waals surface area contributed by atoms with E-state index in [1.165, 1.54) is 108 Å². The monoisotopic (exact) mass is 820 g/mol. The number of rotatable bonds is 29. The number of nitrogens with zero attached hydrogens (tertiary/aromatic N) is 5. The number of aliphatic imine (C=N–C) groups is 1. The third kappa shape index (κ3) is 13.2. The van der Waals surface area contributed by atoms with Crippen LogP contribution in [0.15, 0.2) is 40.2 Å². The Morgan fingerprint density at radius 1 is 1.02 bits per heavy atom. The molecule has 0 aromatic carbocycles. The first-order valence-electron chi connectivity index (χ1n) is 20.7. The standard InChI is InChI=1S/C40H65N6O10P/c1-4-5-6-7-8-9-10-11-12-13-14-15-16-17-18-19-25-52-26-31(55-37-32(51-3)21-20-24-43-37)27-53-57(49,50)54-28-33-35(47)36(48)40(29-41,56-33)34-22-23-39(2)38(42)44-30-45-46(34)39/h20-22,24,30-31,33,35-36,47-48H,4-19,23,25-28H2,1-3H3,(H,49,50)(H2,42,44,45)/t31-,33-,35-,36-,39?,40+/m1/s1. The minimum absolute atomic E-state index is 0.0298. The summed E-state index contributed by atoms with van der Waals surface area (Å²) in [5, 5.41) is 37.9. The van der Waals surface area contributed by atoms with Crippen LogP contribution in [0, 0.1) is 11.3 Å². The first kappa shape index (κ1) is 46.6. The summed E-state index contributed by atoms with van der Waals surface area (Å²) in [6.45, 7) is 3.41. The summed E-state index contributed by atoms with van der Waals surface area (Å²) in [6.07, 6.45) is 19.4. The van der Waals surface area contributed by atoms with Crippen LogP contribution in [0.25, 0.3) is 0 Å². The number of aliphatic hydroxyl groups is 2. The smallest absolute Gasteiger partial charge is 0.472 e. The van der Waals surface area contributed by atoms with Gasteiger partial charge in [0.05, 0.1) is 32.6 Å². The maximum absolute atomic E-state index is 13.1. The number of fused-ring (bicyclic) bond motifs is 1. The number of hydrogen-bond donors (Lipinski definition) is 4. The summed E-state index contributed by atoms with van der Waals surface area (Å²) in [5.74, 6) is 0.761. The number of aliphatic hydroxyl groups excluding tert-OH is 2. The Labute approximate surface area is 338 Å². The van der Waals surface area contributed by atoms with Crippen molar-refractivity contribution in [2.75, 3.05) is 33.5 Å². The van der Waals surface area contributed by atoms with Gasteiger partial charge in [0.15, 0.2) is 5.75 Å². The summed E-state index contributed by atoms with van der Waals surface area (Å²) in [5.41, 5.74) is 3.28. The summed E-state index contributed by atoms with van der Waals surface area (Å²) in [4.78, 5) is 18.9. The molecule has 0 spiro atoms. The topological polar surface area (TPSA) is 224 Å². The van der Waals surface area contributed by atoms with Crippen LogP contribution in [-0.4, -0.2) is 106 Å². The Morgan fingerprint density at radius 3 is 2.26 bits per heavy atom. The van der Waals surface area contributed by atoms with Crippen LogP contribution in [0.5, 0.6) is 11.6 Å². The van der Waals surface area contributed by atoms with E-state index in [2.05, 4.69) is 22.0 Å². The lowest BCUT2D eigenvalue weighted by Gasteiger charge is -2.39. The largest absolute Gasteiger partial charge is 0.491 e. The summed E-state index contributed by atoms with van der Waals surface area (Å²) >= 11 is 0. The number of phosphoric ester groups is 1. The SMILES string of the molecule is CCCCCCCCCCCCCCCCCCOC[C@H](COP(=O)(O)OC[C@H]1O[C@@](C#N)(C2=CCC3(C)C(N)=NC=NN23)[C@H](O)[C@@H]1O)Oc1ncccc1OC. The molecule has 57 heavy (non-hydrogen) atoms. The molecule has 0 bridgehead atoms. The maximum atomic E-state index is 13.1. The highest BCUT2D eigenvalue weighted by Gasteiger charge is 2.62. The fourth-order valence-corrected chi connectivity index (χ4v) is 8.05. The summed E-state index contributed by atoms with van der Waals surface area (Å²) < 4.78 is 46.7. The quantitative estimate of drug-likeness (QED) is 0.0515. The van der Waals surface area contributed by atoms with E-state index in [-0.39, 0.29) is 24.0 Å². The molecule has 3 aliphatic rings. The van der Waals surface area contributed by atoms with Gasteiger partial charge in [-0.2, -0.15) is 10.4 Å². The Morgan fingerprint density at radius 2 is 1.65 bits per heavy atom. The van der Waals surface area contributed by atoms with Crippen molar-refractivity contribution in [1.82, 2.24) is 9.99 Å². The molecule has 4 rings (SSSR count). The average Bonchev–Trinajstić information content (AvgIpc) is 3.69. The van der Waals surface area contributed by atoms with Gasteiger partial charge in [0.25, 0.3) is 5.88 Å². The molecule has 1 saturated heterocycles. The van der Waals surface area contributed by atoms with Gasteiger partial charge in [-0.1, -0.05) is 109 Å². The first-order chi connectivity index (χ1) is 27.5. The predicted molar refractivity (Wildman–Crippen MR) is 216 cm³/mol. The molecule has 0 amide bonds. The van der Waals surface area contributed by atoms with Gasteiger partial charge in [0, 0.05) is 12.8 Å². The molecule has 1 aromatic heterocycles. The van der Waals surface area contributed by atoms with Crippen molar-refractivity contribution in [3.05, 3.63) is 30.1 Å². The molecule has 4 heterocycles. The summed E-state index contributed by atoms with van der Waals surface area (Å²) in [6, 6.07) is 5.31. The van der Waals surface area contributed by atoms with E-state index in [4.69, 9.17) is 33.7 Å². The number of hydrogen-bond acceptors (Lipinski definition) is 15. The van der Waals surface area contributed by atoms with Gasteiger partial charge in [-0.25, -0.2) is 14.5 Å². The molecule has 320 valence electrons. The zero-order chi connectivity index (χ0) is 41.2. The molecule has 17 heteroatoms. The third-order valence-electron chi connectivity index (χ3n) is 10.8. The van der Waals surface area contributed by atoms with Crippen molar-refractivity contribution in [3.8, 4) is 17.7 Å². The van der Waals surface area contributed by atoms with Crippen molar-refractivity contribution < 1.29 is 47.7 Å². The first-order valence-corrected chi connectivity index (χ1v) is 22.2. The summed E-state index contributed by atoms with van der Waals surface area (Å²) in [7, 11) is -3.32. The molecule has 0 aliphatic carbocycles. The number of pyridine rings is 1. The average molecular weight is 821 g/mol. The van der Waals surface area contributed by atoms with Crippen LogP contribution in [0.4, 0.5) is 0 Å². The number of amidine groups is 1. The van der Waals surface area contributed by atoms with E-state index < -0.39 is 56.6 Å². The second-order valence-electron chi connectivity index (χ2n) is 15.3. The molecular formula is C40H65N6O10P. The fraction of sp³-hybridized carbons (Fsp3) is 0.750. The lowest BCUT2D eigenvalue weighted by Crippen LogP contribution is -2.56. The Bertz CT molecular complexity index is 1560. The van der Waals surface area contributed by atoms with E-state index in [1.54, 1.807) is 25.1 Å². The van der Waals surface area contributed by atoms with Crippen molar-refractivity contribution in [2.24, 2.45) is 15.8 Å². The van der Waals surface area contributed by atoms with Gasteiger partial charge in [-0.05, 0) is 31.9 Å². The van der Waals surface area contributed by atoms with Gasteiger partial charge in [-0.15, -0.1) is 0 Å². The van der Waals surface area contributed by atoms with Gasteiger partial charge in [0.1, 0.15) is 48.2 Å². The highest BCUT2D eigenvalue weighted by Crippen LogP contribution is 2.48. The van der Waals surface area contributed by atoms with Crippen molar-refractivity contribution >= 4 is 20.0 Å². The number of nitrogens with two attached hydrogens (primary N) is 1. The zero-order valence-corrected chi connectivity index (χ0v) is 34.9. The van der Waals surface area contributed by atoms with E-state index in [0.29, 0.717) is 18.8 Å². The number of aromatic nitrogens is 1. The molecule has 2 unspecified atom stereocenters. The molecule has 7 atom stereocenters. The number of phosphoric acid groups is 1. The molecule has 1 fully saturated rings. The molecule has 1 aromatic rings. The molecule has 0 saturated carbocycles. The Balaban J connectivity index is 1.18. The minimum Gasteiger partial charge on any atom is -0.491 e. The zero-order valence-electron chi connectivity index (χ0n) is 34.0. The maximum Gasteiger partial charge on any atom is 0.472 e. The predicted octanol–water partition coefficient (Wildman–Crippen LogP) is 6.29. The van der Waals surface area contributed by atoms with Gasteiger partial charge in [0.2, 0.25) is 5.60 Å². The van der Waals surface area contributed by atoms with E-state index in [0.717, 1.165) is 19.3 Å². The van der Waals surface area contributed by atoms with E-state index >= 15 is 0 Å². The molecule has 0 radical (unpaired) electrons. The van der Waals surface area contributed by atoms with Crippen molar-refractivity contribution in [1.29, 1.82) is 5.26 Å². The normalized spacial score (nSPS) is 25.7. The lowest BCUT2D eigenvalue weighted by molar-refractivity contribution is -0.0531. The Hall–Kier alpha value is -3.13. The van der Waals surface area contributed by atoms with Crippen LogP contribution < -0.4 is 15.2 Å². The second-order valence-corrected chi connectivity index (χ2v) is 16.7. The number of methoxy groups -OCH3 is 1. The molecule has 3 aliphatic heterocycles. The van der Waals surface area contributed by atoms with Gasteiger partial charge >= 0.3 is 7.82 Å². The van der Waals surface area contributed by atoms with Gasteiger partial charge < -0.3 is 39.8 Å². The highest BCUT2D eigenvalue weighted by molar-refractivity contribution is 7.47. The van der Waals surface area contributed by atoms with Crippen LogP contribution in [0.2, 0.25) is 0 Å². The van der Waals surface area contributed by atoms with Crippen LogP contribution in [0.1, 0.15) is 123 Å².